The van der Waals surface area contributed by atoms with Crippen molar-refractivity contribution in [2.24, 2.45) is 0 Å². The number of rotatable bonds is 5. The Morgan fingerprint density at radius 1 is 1.08 bits per heavy atom. The number of carbonyl (C=O) groups is 1. The van der Waals surface area contributed by atoms with Gasteiger partial charge in [0.05, 0.1) is 24.9 Å². The van der Waals surface area contributed by atoms with Gasteiger partial charge in [0.25, 0.3) is 0 Å². The van der Waals surface area contributed by atoms with E-state index in [-0.39, 0.29) is 12.1 Å². The summed E-state index contributed by atoms with van der Waals surface area (Å²) in [4.78, 5) is 35.5. The lowest BCUT2D eigenvalue weighted by molar-refractivity contribution is 0.0984. The van der Waals surface area contributed by atoms with Gasteiger partial charge in [-0.05, 0) is 50.6 Å². The molecule has 2 aromatic heterocycles. The Labute approximate surface area is 211 Å². The molecule has 36 heavy (non-hydrogen) atoms. The molecule has 0 radical (unpaired) electrons. The number of hydrogen-bond donors (Lipinski definition) is 2. The van der Waals surface area contributed by atoms with Gasteiger partial charge in [-0.3, -0.25) is 0 Å². The van der Waals surface area contributed by atoms with Crippen LogP contribution in [0.1, 0.15) is 25.1 Å². The molecule has 2 aliphatic heterocycles. The number of benzene rings is 1. The second kappa shape index (κ2) is 10.9. The predicted octanol–water partition coefficient (Wildman–Crippen LogP) is 2.91. The van der Waals surface area contributed by atoms with Crippen LogP contribution in [0.25, 0.3) is 11.4 Å². The average molecular weight is 489 g/mol. The number of nitrogens with zero attached hydrogens (tertiary/aromatic N) is 6. The molecule has 0 bridgehead atoms. The van der Waals surface area contributed by atoms with Gasteiger partial charge in [-0.25, -0.2) is 24.7 Å². The summed E-state index contributed by atoms with van der Waals surface area (Å²) < 4.78 is 5.70. The molecule has 1 unspecified atom stereocenters. The maximum Gasteiger partial charge on any atom is 0.319 e. The number of ether oxygens (including phenoxy) is 1. The molecule has 1 fully saturated rings. The van der Waals surface area contributed by atoms with E-state index >= 15 is 0 Å². The van der Waals surface area contributed by atoms with E-state index in [0.717, 1.165) is 61.2 Å². The van der Waals surface area contributed by atoms with Crippen molar-refractivity contribution in [1.82, 2.24) is 25.3 Å². The minimum absolute atomic E-state index is 0.220. The fourth-order valence-corrected chi connectivity index (χ4v) is 4.68. The van der Waals surface area contributed by atoms with Gasteiger partial charge >= 0.3 is 6.03 Å². The first-order valence-electron chi connectivity index (χ1n) is 12.5. The van der Waals surface area contributed by atoms with Crippen LogP contribution in [0.3, 0.4) is 0 Å². The standard InChI is InChI=1S/C26H32N8O2/c1-3-27-26(35)30-20-7-5-19(6-8-20)23-31-22-10-14-33(25-28-11-4-12-29-25)13-9-21(22)24(32-23)34-15-16-36-17-18(34)2/h4-8,11-12,18H,3,9-10,13-17H2,1-2H3,(H2,27,30,35). The minimum Gasteiger partial charge on any atom is -0.377 e. The number of urea groups is 1. The van der Waals surface area contributed by atoms with Gasteiger partial charge in [-0.2, -0.15) is 0 Å². The van der Waals surface area contributed by atoms with Crippen LogP contribution in [0.4, 0.5) is 22.2 Å². The van der Waals surface area contributed by atoms with Crippen LogP contribution in [0.15, 0.2) is 42.7 Å². The third kappa shape index (κ3) is 5.23. The second-order valence-electron chi connectivity index (χ2n) is 9.01. The summed E-state index contributed by atoms with van der Waals surface area (Å²) in [5.41, 5.74) is 3.89. The van der Waals surface area contributed by atoms with Crippen LogP contribution < -0.4 is 20.4 Å². The van der Waals surface area contributed by atoms with Crippen molar-refractivity contribution in [2.45, 2.75) is 32.7 Å². The number of fused-ring (bicyclic) bond motifs is 1. The number of aromatic nitrogens is 4. The molecular formula is C26H32N8O2. The van der Waals surface area contributed by atoms with Gasteiger partial charge in [0, 0.05) is 61.8 Å². The highest BCUT2D eigenvalue weighted by molar-refractivity contribution is 5.89. The number of anilines is 3. The van der Waals surface area contributed by atoms with E-state index in [2.05, 4.69) is 37.3 Å². The molecule has 10 nitrogen and oxygen atoms in total. The summed E-state index contributed by atoms with van der Waals surface area (Å²) in [5.74, 6) is 2.43. The summed E-state index contributed by atoms with van der Waals surface area (Å²) in [6, 6.07) is 9.51. The Bertz CT molecular complexity index is 1190. The van der Waals surface area contributed by atoms with E-state index in [0.29, 0.717) is 25.6 Å². The molecule has 2 N–H and O–H groups in total. The molecule has 1 saturated heterocycles. The lowest BCUT2D eigenvalue weighted by atomic mass is 10.1. The van der Waals surface area contributed by atoms with Crippen LogP contribution in [0.2, 0.25) is 0 Å². The van der Waals surface area contributed by atoms with Crippen LogP contribution in [-0.4, -0.2) is 71.4 Å². The van der Waals surface area contributed by atoms with E-state index in [4.69, 9.17) is 14.7 Å². The molecule has 5 rings (SSSR count). The first-order valence-corrected chi connectivity index (χ1v) is 12.5. The van der Waals surface area contributed by atoms with Gasteiger partial charge in [-0.15, -0.1) is 0 Å². The summed E-state index contributed by atoms with van der Waals surface area (Å²) in [7, 11) is 0. The van der Waals surface area contributed by atoms with Crippen molar-refractivity contribution in [1.29, 1.82) is 0 Å². The highest BCUT2D eigenvalue weighted by Crippen LogP contribution is 2.31. The zero-order valence-electron chi connectivity index (χ0n) is 20.8. The maximum absolute atomic E-state index is 11.9. The Hall–Kier alpha value is -3.79. The Balaban J connectivity index is 1.47. The highest BCUT2D eigenvalue weighted by Gasteiger charge is 2.28. The Morgan fingerprint density at radius 3 is 2.61 bits per heavy atom. The van der Waals surface area contributed by atoms with E-state index in [1.165, 1.54) is 5.56 Å². The van der Waals surface area contributed by atoms with Crippen molar-refractivity contribution in [3.05, 3.63) is 54.0 Å². The van der Waals surface area contributed by atoms with E-state index in [1.54, 1.807) is 12.4 Å². The van der Waals surface area contributed by atoms with E-state index < -0.39 is 0 Å². The van der Waals surface area contributed by atoms with Crippen LogP contribution in [0, 0.1) is 0 Å². The molecule has 2 aliphatic rings. The van der Waals surface area contributed by atoms with Gasteiger partial charge in [-0.1, -0.05) is 0 Å². The van der Waals surface area contributed by atoms with Gasteiger partial charge in [0.2, 0.25) is 5.95 Å². The minimum atomic E-state index is -0.220. The molecule has 188 valence electrons. The van der Waals surface area contributed by atoms with Crippen LogP contribution >= 0.6 is 0 Å². The smallest absolute Gasteiger partial charge is 0.319 e. The Morgan fingerprint density at radius 2 is 1.86 bits per heavy atom. The first-order chi connectivity index (χ1) is 17.6. The molecule has 10 heteroatoms. The van der Waals surface area contributed by atoms with Crippen LogP contribution in [0.5, 0.6) is 0 Å². The van der Waals surface area contributed by atoms with Crippen molar-refractivity contribution in [2.75, 3.05) is 54.5 Å². The molecule has 0 saturated carbocycles. The zero-order chi connectivity index (χ0) is 24.9. The summed E-state index contributed by atoms with van der Waals surface area (Å²) in [5, 5.41) is 5.58. The van der Waals surface area contributed by atoms with Crippen LogP contribution in [-0.2, 0) is 17.6 Å². The molecule has 4 heterocycles. The largest absolute Gasteiger partial charge is 0.377 e. The molecule has 0 aliphatic carbocycles. The number of amides is 2. The molecule has 1 atom stereocenters. The Kier molecular flexibility index (Phi) is 7.22. The summed E-state index contributed by atoms with van der Waals surface area (Å²) in [6.07, 6.45) is 5.17. The predicted molar refractivity (Wildman–Crippen MR) is 139 cm³/mol. The fourth-order valence-electron chi connectivity index (χ4n) is 4.68. The van der Waals surface area contributed by atoms with Crippen molar-refractivity contribution in [3.63, 3.8) is 0 Å². The van der Waals surface area contributed by atoms with E-state index in [1.807, 2.05) is 37.3 Å². The fraction of sp³-hybridized carbons (Fsp3) is 0.423. The first kappa shape index (κ1) is 23.9. The maximum atomic E-state index is 11.9. The number of morpholine rings is 1. The second-order valence-corrected chi connectivity index (χ2v) is 9.01. The third-order valence-corrected chi connectivity index (χ3v) is 6.53. The lowest BCUT2D eigenvalue weighted by Gasteiger charge is -2.36. The zero-order valence-corrected chi connectivity index (χ0v) is 20.8. The van der Waals surface area contributed by atoms with Gasteiger partial charge < -0.3 is 25.2 Å². The average Bonchev–Trinajstić information content (AvgIpc) is 3.12. The molecule has 0 spiro atoms. The molecular weight excluding hydrogens is 456 g/mol. The van der Waals surface area contributed by atoms with Crippen molar-refractivity contribution >= 4 is 23.5 Å². The monoisotopic (exact) mass is 488 g/mol. The summed E-state index contributed by atoms with van der Waals surface area (Å²) >= 11 is 0. The van der Waals surface area contributed by atoms with Gasteiger partial charge in [0.1, 0.15) is 5.82 Å². The topological polar surface area (TPSA) is 108 Å². The van der Waals surface area contributed by atoms with Crippen molar-refractivity contribution in [3.8, 4) is 11.4 Å². The SMILES string of the molecule is CCNC(=O)Nc1ccc(-c2nc3c(c(N4CCOCC4C)n2)CCN(c2ncccn2)CC3)cc1. The lowest BCUT2D eigenvalue weighted by Crippen LogP contribution is -2.45. The quantitative estimate of drug-likeness (QED) is 0.564. The number of hydrogen-bond acceptors (Lipinski definition) is 8. The highest BCUT2D eigenvalue weighted by atomic mass is 16.5. The third-order valence-electron chi connectivity index (χ3n) is 6.53. The molecule has 3 aromatic rings. The number of nitrogens with one attached hydrogen (secondary N) is 2. The van der Waals surface area contributed by atoms with Crippen molar-refractivity contribution < 1.29 is 9.53 Å². The normalized spacial score (nSPS) is 17.8. The van der Waals surface area contributed by atoms with Gasteiger partial charge in [0.15, 0.2) is 5.82 Å². The molecule has 2 amide bonds. The molecule has 1 aromatic carbocycles. The van der Waals surface area contributed by atoms with E-state index in [9.17, 15) is 4.79 Å². The number of carbonyl (C=O) groups excluding carboxylic acids is 1. The summed E-state index contributed by atoms with van der Waals surface area (Å²) in [6.45, 7) is 8.40.